The van der Waals surface area contributed by atoms with E-state index in [9.17, 15) is 4.79 Å². The molecule has 1 N–H and O–H groups in total. The molecule has 4 rings (SSSR count). The monoisotopic (exact) mass is 351 g/mol. The molecule has 0 unspecified atom stereocenters. The predicted molar refractivity (Wildman–Crippen MR) is 98.0 cm³/mol. The molecule has 3 aromatic rings. The molecule has 26 heavy (non-hydrogen) atoms. The number of hydrogen-bond donors (Lipinski definition) is 1. The van der Waals surface area contributed by atoms with E-state index in [2.05, 4.69) is 30.3 Å². The molecule has 1 aliphatic rings. The van der Waals surface area contributed by atoms with Crippen LogP contribution in [0.2, 0.25) is 0 Å². The van der Waals surface area contributed by atoms with E-state index in [0.717, 1.165) is 48.3 Å². The number of aryl methyl sites for hydroxylation is 2. The molecular formula is C18H21N7O. The number of fused-ring (bicyclic) bond motifs is 1. The van der Waals surface area contributed by atoms with Gasteiger partial charge in [-0.1, -0.05) is 0 Å². The van der Waals surface area contributed by atoms with Crippen molar-refractivity contribution in [1.82, 2.24) is 30.0 Å². The standard InChI is InChI=1S/C18H21N7O/c1-12-9-16(24(2)23-12)18(26)22-13-4-7-25(8-5-13)17-14-3-6-19-10-15(14)20-11-21-17/h3,6,9-11,13H,4-5,7-8H2,1-2H3,(H,22,26). The molecule has 0 aliphatic carbocycles. The number of rotatable bonds is 3. The van der Waals surface area contributed by atoms with Gasteiger partial charge in [0.2, 0.25) is 0 Å². The Morgan fingerprint density at radius 1 is 1.27 bits per heavy atom. The van der Waals surface area contributed by atoms with Gasteiger partial charge in [0.15, 0.2) is 0 Å². The van der Waals surface area contributed by atoms with Gasteiger partial charge in [-0.3, -0.25) is 14.5 Å². The average molecular weight is 351 g/mol. The Morgan fingerprint density at radius 3 is 2.81 bits per heavy atom. The smallest absolute Gasteiger partial charge is 0.269 e. The van der Waals surface area contributed by atoms with Crippen molar-refractivity contribution in [2.24, 2.45) is 7.05 Å². The van der Waals surface area contributed by atoms with E-state index in [4.69, 9.17) is 0 Å². The van der Waals surface area contributed by atoms with Gasteiger partial charge in [0.25, 0.3) is 5.91 Å². The zero-order chi connectivity index (χ0) is 18.1. The molecule has 0 aromatic carbocycles. The first kappa shape index (κ1) is 16.4. The lowest BCUT2D eigenvalue weighted by Crippen LogP contribution is -2.45. The van der Waals surface area contributed by atoms with Gasteiger partial charge < -0.3 is 10.2 Å². The van der Waals surface area contributed by atoms with Gasteiger partial charge in [-0.05, 0) is 31.9 Å². The van der Waals surface area contributed by atoms with Crippen LogP contribution in [0.25, 0.3) is 10.9 Å². The molecule has 1 aliphatic heterocycles. The topological polar surface area (TPSA) is 88.8 Å². The van der Waals surface area contributed by atoms with Crippen LogP contribution in [-0.2, 0) is 7.05 Å². The lowest BCUT2D eigenvalue weighted by Gasteiger charge is -2.33. The molecule has 1 fully saturated rings. The molecular weight excluding hydrogens is 330 g/mol. The van der Waals surface area contributed by atoms with Gasteiger partial charge in [-0.2, -0.15) is 5.10 Å². The first-order valence-corrected chi connectivity index (χ1v) is 8.73. The van der Waals surface area contributed by atoms with Gasteiger partial charge in [-0.25, -0.2) is 9.97 Å². The van der Waals surface area contributed by atoms with E-state index >= 15 is 0 Å². The van der Waals surface area contributed by atoms with E-state index in [1.54, 1.807) is 30.5 Å². The minimum absolute atomic E-state index is 0.0647. The largest absolute Gasteiger partial charge is 0.356 e. The average Bonchev–Trinajstić information content (AvgIpc) is 3.00. The van der Waals surface area contributed by atoms with E-state index in [1.165, 1.54) is 0 Å². The Labute approximate surface area is 151 Å². The summed E-state index contributed by atoms with van der Waals surface area (Å²) in [5.41, 5.74) is 2.29. The number of nitrogens with one attached hydrogen (secondary N) is 1. The maximum absolute atomic E-state index is 12.5. The predicted octanol–water partition coefficient (Wildman–Crippen LogP) is 1.47. The zero-order valence-corrected chi connectivity index (χ0v) is 14.9. The highest BCUT2D eigenvalue weighted by atomic mass is 16.2. The minimum Gasteiger partial charge on any atom is -0.356 e. The summed E-state index contributed by atoms with van der Waals surface area (Å²) in [5, 5.41) is 8.37. The molecule has 0 bridgehead atoms. The number of hydrogen-bond acceptors (Lipinski definition) is 6. The third-order valence-electron chi connectivity index (χ3n) is 4.78. The van der Waals surface area contributed by atoms with Crippen LogP contribution in [0.15, 0.2) is 30.9 Å². The van der Waals surface area contributed by atoms with Crippen LogP contribution in [0.4, 0.5) is 5.82 Å². The van der Waals surface area contributed by atoms with E-state index in [0.29, 0.717) is 5.69 Å². The number of amides is 1. The lowest BCUT2D eigenvalue weighted by atomic mass is 10.0. The fraction of sp³-hybridized carbons (Fsp3) is 0.389. The van der Waals surface area contributed by atoms with Crippen molar-refractivity contribution in [2.75, 3.05) is 18.0 Å². The summed E-state index contributed by atoms with van der Waals surface area (Å²) < 4.78 is 1.63. The summed E-state index contributed by atoms with van der Waals surface area (Å²) in [5.74, 6) is 0.870. The molecule has 8 nitrogen and oxygen atoms in total. The number of aromatic nitrogens is 5. The van der Waals surface area contributed by atoms with Crippen LogP contribution >= 0.6 is 0 Å². The molecule has 0 saturated carbocycles. The summed E-state index contributed by atoms with van der Waals surface area (Å²) in [6, 6.07) is 3.91. The Bertz CT molecular complexity index is 938. The van der Waals surface area contributed by atoms with Crippen LogP contribution in [0.3, 0.4) is 0 Å². The summed E-state index contributed by atoms with van der Waals surface area (Å²) in [4.78, 5) is 27.6. The maximum Gasteiger partial charge on any atom is 0.269 e. The number of carbonyl (C=O) groups excluding carboxylic acids is 1. The third kappa shape index (κ3) is 3.10. The first-order chi connectivity index (χ1) is 12.6. The highest BCUT2D eigenvalue weighted by Crippen LogP contribution is 2.25. The van der Waals surface area contributed by atoms with Crippen LogP contribution < -0.4 is 10.2 Å². The molecule has 4 heterocycles. The fourth-order valence-electron chi connectivity index (χ4n) is 3.46. The highest BCUT2D eigenvalue weighted by molar-refractivity contribution is 5.93. The molecule has 0 atom stereocenters. The summed E-state index contributed by atoms with van der Waals surface area (Å²) >= 11 is 0. The molecule has 134 valence electrons. The van der Waals surface area contributed by atoms with Gasteiger partial charge in [0.1, 0.15) is 17.8 Å². The molecule has 1 saturated heterocycles. The van der Waals surface area contributed by atoms with E-state index in [-0.39, 0.29) is 11.9 Å². The number of nitrogens with zero attached hydrogens (tertiary/aromatic N) is 6. The van der Waals surface area contributed by atoms with Crippen molar-refractivity contribution in [1.29, 1.82) is 0 Å². The number of anilines is 1. The first-order valence-electron chi connectivity index (χ1n) is 8.73. The van der Waals surface area contributed by atoms with Crippen molar-refractivity contribution < 1.29 is 4.79 Å². The Balaban J connectivity index is 1.42. The van der Waals surface area contributed by atoms with Crippen LogP contribution in [-0.4, -0.2) is 49.8 Å². The van der Waals surface area contributed by atoms with Gasteiger partial charge in [0, 0.05) is 37.8 Å². The fourth-order valence-corrected chi connectivity index (χ4v) is 3.46. The summed E-state index contributed by atoms with van der Waals surface area (Å²) in [7, 11) is 1.79. The molecule has 8 heteroatoms. The zero-order valence-electron chi connectivity index (χ0n) is 14.9. The van der Waals surface area contributed by atoms with Crippen LogP contribution in [0.1, 0.15) is 29.0 Å². The van der Waals surface area contributed by atoms with Crippen LogP contribution in [0, 0.1) is 6.92 Å². The Morgan fingerprint density at radius 2 is 2.08 bits per heavy atom. The summed E-state index contributed by atoms with van der Waals surface area (Å²) in [6.07, 6.45) is 6.84. The van der Waals surface area contributed by atoms with E-state index in [1.807, 2.05) is 19.1 Å². The maximum atomic E-state index is 12.5. The van der Waals surface area contributed by atoms with Crippen molar-refractivity contribution in [3.8, 4) is 0 Å². The van der Waals surface area contributed by atoms with Crippen molar-refractivity contribution >= 4 is 22.6 Å². The van der Waals surface area contributed by atoms with Gasteiger partial charge >= 0.3 is 0 Å². The van der Waals surface area contributed by atoms with Gasteiger partial charge in [-0.15, -0.1) is 0 Å². The molecule has 0 radical (unpaired) electrons. The number of pyridine rings is 1. The summed E-state index contributed by atoms with van der Waals surface area (Å²) in [6.45, 7) is 3.56. The van der Waals surface area contributed by atoms with Crippen molar-refractivity contribution in [2.45, 2.75) is 25.8 Å². The molecule has 0 spiro atoms. The normalized spacial score (nSPS) is 15.4. The van der Waals surface area contributed by atoms with Crippen molar-refractivity contribution in [3.63, 3.8) is 0 Å². The van der Waals surface area contributed by atoms with Crippen LogP contribution in [0.5, 0.6) is 0 Å². The number of carbonyl (C=O) groups is 1. The van der Waals surface area contributed by atoms with Crippen molar-refractivity contribution in [3.05, 3.63) is 42.2 Å². The molecule has 3 aromatic heterocycles. The second-order valence-electron chi connectivity index (χ2n) is 6.62. The number of piperidine rings is 1. The lowest BCUT2D eigenvalue weighted by molar-refractivity contribution is 0.0921. The quantitative estimate of drug-likeness (QED) is 0.769. The third-order valence-corrected chi connectivity index (χ3v) is 4.78. The Kier molecular flexibility index (Phi) is 4.24. The van der Waals surface area contributed by atoms with Gasteiger partial charge in [0.05, 0.1) is 17.4 Å². The molecule has 1 amide bonds. The minimum atomic E-state index is -0.0647. The highest BCUT2D eigenvalue weighted by Gasteiger charge is 2.24. The Hall–Kier alpha value is -3.03. The second-order valence-corrected chi connectivity index (χ2v) is 6.62. The van der Waals surface area contributed by atoms with E-state index < -0.39 is 0 Å². The SMILES string of the molecule is Cc1cc(C(=O)NC2CCN(c3ncnc4cnccc34)CC2)n(C)n1. The second kappa shape index (κ2) is 6.70.